The molecule has 1 saturated heterocycles. The first-order chi connectivity index (χ1) is 10.5. The first-order valence-electron chi connectivity index (χ1n) is 6.31. The van der Waals surface area contributed by atoms with E-state index in [1.54, 1.807) is 0 Å². The largest absolute Gasteiger partial charge is 0.541 e. The van der Waals surface area contributed by atoms with Crippen molar-refractivity contribution in [3.8, 4) is 0 Å². The summed E-state index contributed by atoms with van der Waals surface area (Å²) < 4.78 is 5.00. The number of hydrogen-bond acceptors (Lipinski definition) is 10. The van der Waals surface area contributed by atoms with E-state index in [9.17, 15) is 20.2 Å². The molecule has 0 spiro atoms. The Hall–Kier alpha value is -1.76. The van der Waals surface area contributed by atoms with Crippen molar-refractivity contribution in [2.45, 2.75) is 12.6 Å². The fourth-order valence-corrected chi connectivity index (χ4v) is 2.34. The summed E-state index contributed by atoms with van der Waals surface area (Å²) in [6, 6.07) is 0. The molecule has 0 aromatic rings. The topological polar surface area (TPSA) is 139 Å². The summed E-state index contributed by atoms with van der Waals surface area (Å²) in [4.78, 5) is 30.1. The average molecular weight is 372 g/mol. The van der Waals surface area contributed by atoms with Gasteiger partial charge in [-0.1, -0.05) is 0 Å². The van der Waals surface area contributed by atoms with Gasteiger partial charge in [0.25, 0.3) is 0 Å². The maximum absolute atomic E-state index is 10.9. The van der Waals surface area contributed by atoms with Gasteiger partial charge in [-0.15, -0.1) is 12.4 Å². The molecule has 0 aromatic heterocycles. The number of hydrogen-bond donors (Lipinski definition) is 1. The summed E-state index contributed by atoms with van der Waals surface area (Å²) in [6.45, 7) is 2.69. The predicted molar refractivity (Wildman–Crippen MR) is 82.8 cm³/mol. The SMILES string of the molecule is COC1N=C(N2CCNCC2)N=C(Cl)N1C([N+](=O)[O-])[N+](=O)[O-].Cl. The molecular formula is C9H15Cl2N7O5. The van der Waals surface area contributed by atoms with Gasteiger partial charge in [0, 0.05) is 33.3 Å². The van der Waals surface area contributed by atoms with Gasteiger partial charge in [-0.2, -0.15) is 14.9 Å². The maximum Gasteiger partial charge on any atom is 0.541 e. The van der Waals surface area contributed by atoms with Crippen molar-refractivity contribution < 1.29 is 14.6 Å². The molecule has 2 rings (SSSR count). The molecule has 0 aromatic carbocycles. The molecule has 0 aliphatic carbocycles. The lowest BCUT2D eigenvalue weighted by Crippen LogP contribution is -2.56. The van der Waals surface area contributed by atoms with Gasteiger partial charge < -0.3 is 15.0 Å². The Bertz CT molecular complexity index is 510. The van der Waals surface area contributed by atoms with Gasteiger partial charge in [-0.05, 0) is 11.6 Å². The second-order valence-corrected chi connectivity index (χ2v) is 4.77. The van der Waals surface area contributed by atoms with Crippen molar-refractivity contribution in [2.75, 3.05) is 33.3 Å². The number of halogens is 2. The number of guanidine groups is 1. The Morgan fingerprint density at radius 3 is 2.39 bits per heavy atom. The fourth-order valence-electron chi connectivity index (χ4n) is 2.09. The first kappa shape index (κ1) is 19.3. The average Bonchev–Trinajstić information content (AvgIpc) is 2.49. The zero-order valence-corrected chi connectivity index (χ0v) is 13.6. The second-order valence-electron chi connectivity index (χ2n) is 4.43. The zero-order chi connectivity index (χ0) is 16.3. The molecule has 0 radical (unpaired) electrons. The minimum Gasteiger partial charge on any atom is -0.342 e. The first-order valence-corrected chi connectivity index (χ1v) is 6.69. The number of nitro groups is 2. The molecule has 2 heterocycles. The van der Waals surface area contributed by atoms with E-state index in [2.05, 4.69) is 15.3 Å². The lowest BCUT2D eigenvalue weighted by Gasteiger charge is -2.33. The predicted octanol–water partition coefficient (Wildman–Crippen LogP) is -0.653. The highest BCUT2D eigenvalue weighted by Gasteiger charge is 2.48. The van der Waals surface area contributed by atoms with E-state index in [1.807, 2.05) is 4.90 Å². The quantitative estimate of drug-likeness (QED) is 0.297. The molecule has 0 bridgehead atoms. The highest BCUT2D eigenvalue weighted by atomic mass is 35.5. The van der Waals surface area contributed by atoms with E-state index in [1.165, 1.54) is 7.11 Å². The Labute approximate surface area is 141 Å². The van der Waals surface area contributed by atoms with E-state index >= 15 is 0 Å². The molecule has 130 valence electrons. The summed E-state index contributed by atoms with van der Waals surface area (Å²) in [7, 11) is 1.23. The van der Waals surface area contributed by atoms with E-state index in [4.69, 9.17) is 16.3 Å². The van der Waals surface area contributed by atoms with Crippen molar-refractivity contribution in [2.24, 2.45) is 9.98 Å². The molecule has 12 nitrogen and oxygen atoms in total. The van der Waals surface area contributed by atoms with Crippen LogP contribution in [0.4, 0.5) is 0 Å². The normalized spacial score (nSPS) is 21.4. The number of rotatable bonds is 4. The minimum absolute atomic E-state index is 0. The van der Waals surface area contributed by atoms with Crippen molar-refractivity contribution in [3.63, 3.8) is 0 Å². The van der Waals surface area contributed by atoms with Gasteiger partial charge in [0.15, 0.2) is 0 Å². The van der Waals surface area contributed by atoms with Gasteiger partial charge in [-0.3, -0.25) is 20.2 Å². The van der Waals surface area contributed by atoms with Crippen molar-refractivity contribution in [1.82, 2.24) is 15.1 Å². The monoisotopic (exact) mass is 371 g/mol. The maximum atomic E-state index is 10.9. The molecule has 2 aliphatic heterocycles. The number of nitrogens with zero attached hydrogens (tertiary/aromatic N) is 6. The molecular weight excluding hydrogens is 357 g/mol. The van der Waals surface area contributed by atoms with Crippen LogP contribution in [0.25, 0.3) is 0 Å². The molecule has 1 unspecified atom stereocenters. The van der Waals surface area contributed by atoms with Gasteiger partial charge in [0.05, 0.1) is 0 Å². The van der Waals surface area contributed by atoms with Crippen molar-refractivity contribution in [1.29, 1.82) is 0 Å². The van der Waals surface area contributed by atoms with Crippen LogP contribution in [0.1, 0.15) is 0 Å². The summed E-state index contributed by atoms with van der Waals surface area (Å²) in [6.07, 6.45) is -3.62. The Morgan fingerprint density at radius 1 is 1.35 bits per heavy atom. The van der Waals surface area contributed by atoms with Crippen LogP contribution in [0.3, 0.4) is 0 Å². The number of piperazine rings is 1. The molecule has 1 N–H and O–H groups in total. The fraction of sp³-hybridized carbons (Fsp3) is 0.778. The van der Waals surface area contributed by atoms with Crippen molar-refractivity contribution in [3.05, 3.63) is 20.2 Å². The van der Waals surface area contributed by atoms with Crippen LogP contribution in [-0.2, 0) is 4.74 Å². The summed E-state index contributed by atoms with van der Waals surface area (Å²) in [5, 5.41) is 24.6. The number of nitrogens with one attached hydrogen (secondary N) is 1. The highest BCUT2D eigenvalue weighted by molar-refractivity contribution is 6.65. The van der Waals surface area contributed by atoms with Gasteiger partial charge in [0.2, 0.25) is 17.6 Å². The Morgan fingerprint density at radius 2 is 1.91 bits per heavy atom. The third-order valence-electron chi connectivity index (χ3n) is 3.11. The molecule has 0 saturated carbocycles. The molecule has 0 amide bonds. The zero-order valence-electron chi connectivity index (χ0n) is 12.0. The lowest BCUT2D eigenvalue weighted by atomic mass is 10.4. The number of amidine groups is 1. The third kappa shape index (κ3) is 4.16. The van der Waals surface area contributed by atoms with Gasteiger partial charge in [0.1, 0.15) is 9.85 Å². The second kappa shape index (κ2) is 8.19. The standard InChI is InChI=1S/C9H14ClN7O5.ClH/c1-22-8-13-7(14-4-2-11-3-5-14)12-6(10)15(8)9(16(18)19)17(20)21;/h8-9,11H,2-5H2,1H3;1H. The van der Waals surface area contributed by atoms with E-state index in [0.29, 0.717) is 18.0 Å². The van der Waals surface area contributed by atoms with E-state index in [-0.39, 0.29) is 18.4 Å². The van der Waals surface area contributed by atoms with Crippen LogP contribution >= 0.6 is 24.0 Å². The third-order valence-corrected chi connectivity index (χ3v) is 3.39. The Balaban J connectivity index is 0.00000264. The molecule has 1 atom stereocenters. The van der Waals surface area contributed by atoms with E-state index < -0.39 is 27.8 Å². The van der Waals surface area contributed by atoms with Crippen LogP contribution < -0.4 is 5.32 Å². The van der Waals surface area contributed by atoms with Crippen molar-refractivity contribution >= 4 is 35.3 Å². The highest BCUT2D eigenvalue weighted by Crippen LogP contribution is 2.19. The molecule has 14 heteroatoms. The Kier molecular flexibility index (Phi) is 6.87. The van der Waals surface area contributed by atoms with Gasteiger partial charge in [-0.25, -0.2) is 0 Å². The molecule has 2 aliphatic rings. The minimum atomic E-state index is -2.32. The lowest BCUT2D eigenvalue weighted by molar-refractivity contribution is -0.767. The summed E-state index contributed by atoms with van der Waals surface area (Å²) >= 11 is 5.92. The smallest absolute Gasteiger partial charge is 0.342 e. The number of ether oxygens (including phenoxy) is 1. The van der Waals surface area contributed by atoms with Crippen LogP contribution in [0.2, 0.25) is 0 Å². The van der Waals surface area contributed by atoms with E-state index in [0.717, 1.165) is 13.1 Å². The van der Waals surface area contributed by atoms with Crippen LogP contribution in [0, 0.1) is 20.2 Å². The summed E-state index contributed by atoms with van der Waals surface area (Å²) in [5.74, 6) is 0.236. The molecule has 23 heavy (non-hydrogen) atoms. The summed E-state index contributed by atoms with van der Waals surface area (Å²) in [5.41, 5.74) is 0. The van der Waals surface area contributed by atoms with Gasteiger partial charge >= 0.3 is 6.29 Å². The van der Waals surface area contributed by atoms with Crippen LogP contribution in [-0.4, -0.2) is 76.8 Å². The number of aliphatic imine (C=N–C) groups is 2. The molecule has 1 fully saturated rings. The number of methoxy groups -OCH3 is 1. The van der Waals surface area contributed by atoms with Crippen LogP contribution in [0.5, 0.6) is 0 Å². The van der Waals surface area contributed by atoms with Crippen LogP contribution in [0.15, 0.2) is 9.98 Å².